The highest BCUT2D eigenvalue weighted by atomic mass is 32.2. The van der Waals surface area contributed by atoms with E-state index in [1.54, 1.807) is 36.9 Å². The predicted molar refractivity (Wildman–Crippen MR) is 108 cm³/mol. The van der Waals surface area contributed by atoms with Gasteiger partial charge in [0.15, 0.2) is 0 Å². The molecule has 0 spiro atoms. The Bertz CT molecular complexity index is 908. The van der Waals surface area contributed by atoms with Gasteiger partial charge < -0.3 is 4.90 Å². The molecule has 0 radical (unpaired) electrons. The highest BCUT2D eigenvalue weighted by Gasteiger charge is 2.31. The van der Waals surface area contributed by atoms with Crippen LogP contribution in [0.2, 0.25) is 0 Å². The lowest BCUT2D eigenvalue weighted by Crippen LogP contribution is -2.39. The van der Waals surface area contributed by atoms with Crippen LogP contribution >= 0.6 is 0 Å². The Morgan fingerprint density at radius 2 is 1.72 bits per heavy atom. The van der Waals surface area contributed by atoms with Crippen molar-refractivity contribution in [3.8, 4) is 0 Å². The molecule has 158 valence electrons. The van der Waals surface area contributed by atoms with Crippen LogP contribution in [0.25, 0.3) is 0 Å². The van der Waals surface area contributed by atoms with Crippen LogP contribution in [-0.2, 0) is 30.8 Å². The summed E-state index contributed by atoms with van der Waals surface area (Å²) in [5.74, 6) is -0.626. The van der Waals surface area contributed by atoms with Crippen molar-refractivity contribution in [1.82, 2.24) is 9.21 Å². The fourth-order valence-corrected chi connectivity index (χ4v) is 5.43. The van der Waals surface area contributed by atoms with Crippen LogP contribution < -0.4 is 4.90 Å². The van der Waals surface area contributed by atoms with Gasteiger partial charge >= 0.3 is 0 Å². The van der Waals surface area contributed by atoms with Gasteiger partial charge in [0.2, 0.25) is 27.7 Å². The summed E-state index contributed by atoms with van der Waals surface area (Å²) in [5, 5.41) is 0. The normalized spacial score (nSPS) is 17.2. The number of carbonyl (C=O) groups excluding carboxylic acids is 3. The Hall–Kier alpha value is -2.26. The first-order valence-electron chi connectivity index (χ1n) is 10.1. The molecule has 29 heavy (non-hydrogen) atoms. The van der Waals surface area contributed by atoms with E-state index in [2.05, 4.69) is 0 Å². The maximum Gasteiger partial charge on any atom is 0.243 e. The number of anilines is 1. The van der Waals surface area contributed by atoms with Gasteiger partial charge in [-0.05, 0) is 36.6 Å². The molecule has 8 nitrogen and oxygen atoms in total. The van der Waals surface area contributed by atoms with Gasteiger partial charge in [0.1, 0.15) is 0 Å². The third-order valence-electron chi connectivity index (χ3n) is 5.52. The number of rotatable bonds is 7. The van der Waals surface area contributed by atoms with Crippen LogP contribution in [0.3, 0.4) is 0 Å². The number of aryl methyl sites for hydroxylation is 1. The maximum atomic E-state index is 12.8. The second kappa shape index (κ2) is 8.62. The zero-order chi connectivity index (χ0) is 21.2. The molecule has 0 aliphatic carbocycles. The van der Waals surface area contributed by atoms with Gasteiger partial charge in [0.05, 0.1) is 4.90 Å². The molecule has 0 N–H and O–H groups in total. The summed E-state index contributed by atoms with van der Waals surface area (Å²) in [4.78, 5) is 39.2. The minimum Gasteiger partial charge on any atom is -0.312 e. The number of amides is 3. The first-order valence-corrected chi connectivity index (χ1v) is 11.5. The summed E-state index contributed by atoms with van der Waals surface area (Å²) >= 11 is 0. The first-order chi connectivity index (χ1) is 13.8. The Labute approximate surface area is 171 Å². The van der Waals surface area contributed by atoms with Crippen molar-refractivity contribution in [2.45, 2.75) is 50.8 Å². The molecule has 2 heterocycles. The third kappa shape index (κ3) is 4.20. The standard InChI is InChI=1S/C20H27N3O5S/c1-3-21(4-2)29(27,28)16-7-8-17-15(14-16)6-5-12-22(17)20(26)11-13-23-18(24)9-10-19(23)25/h7-8,14H,3-6,9-13H2,1-2H3. The molecule has 9 heteroatoms. The summed E-state index contributed by atoms with van der Waals surface area (Å²) < 4.78 is 27.0. The zero-order valence-corrected chi connectivity index (χ0v) is 17.7. The summed E-state index contributed by atoms with van der Waals surface area (Å²) in [6.45, 7) is 5.03. The van der Waals surface area contributed by atoms with E-state index in [4.69, 9.17) is 0 Å². The Kier molecular flexibility index (Phi) is 6.38. The van der Waals surface area contributed by atoms with E-state index in [-0.39, 0.29) is 48.4 Å². The molecule has 0 saturated carbocycles. The lowest BCUT2D eigenvalue weighted by atomic mass is 10.0. The van der Waals surface area contributed by atoms with Crippen molar-refractivity contribution in [2.75, 3.05) is 31.1 Å². The molecule has 0 atom stereocenters. The fraction of sp³-hybridized carbons (Fsp3) is 0.550. The Balaban J connectivity index is 1.77. The van der Waals surface area contributed by atoms with Crippen molar-refractivity contribution in [1.29, 1.82) is 0 Å². The zero-order valence-electron chi connectivity index (χ0n) is 16.9. The molecular formula is C20H27N3O5S. The highest BCUT2D eigenvalue weighted by Crippen LogP contribution is 2.31. The maximum absolute atomic E-state index is 12.8. The summed E-state index contributed by atoms with van der Waals surface area (Å²) in [6, 6.07) is 4.90. The molecule has 0 aromatic heterocycles. The number of nitrogens with zero attached hydrogens (tertiary/aromatic N) is 3. The van der Waals surface area contributed by atoms with E-state index in [1.165, 1.54) is 4.31 Å². The molecule has 1 saturated heterocycles. The van der Waals surface area contributed by atoms with E-state index in [9.17, 15) is 22.8 Å². The number of fused-ring (bicyclic) bond motifs is 1. The van der Waals surface area contributed by atoms with E-state index >= 15 is 0 Å². The van der Waals surface area contributed by atoms with Crippen molar-refractivity contribution in [3.63, 3.8) is 0 Å². The number of likely N-dealkylation sites (tertiary alicyclic amines) is 1. The number of hydrogen-bond acceptors (Lipinski definition) is 5. The SMILES string of the molecule is CCN(CC)S(=O)(=O)c1ccc2c(c1)CCCN2C(=O)CCN1C(=O)CCC1=O. The van der Waals surface area contributed by atoms with E-state index < -0.39 is 10.0 Å². The van der Waals surface area contributed by atoms with Gasteiger partial charge in [0, 0.05) is 51.1 Å². The Morgan fingerprint density at radius 3 is 2.34 bits per heavy atom. The smallest absolute Gasteiger partial charge is 0.243 e. The van der Waals surface area contributed by atoms with Crippen LogP contribution in [0.5, 0.6) is 0 Å². The molecular weight excluding hydrogens is 394 g/mol. The largest absolute Gasteiger partial charge is 0.312 e. The van der Waals surface area contributed by atoms with Crippen molar-refractivity contribution >= 4 is 33.4 Å². The predicted octanol–water partition coefficient (Wildman–Crippen LogP) is 1.54. The lowest BCUT2D eigenvalue weighted by Gasteiger charge is -2.30. The lowest BCUT2D eigenvalue weighted by molar-refractivity contribution is -0.138. The molecule has 2 aliphatic rings. The van der Waals surface area contributed by atoms with E-state index in [0.29, 0.717) is 31.7 Å². The van der Waals surface area contributed by atoms with Crippen molar-refractivity contribution in [2.24, 2.45) is 0 Å². The Morgan fingerprint density at radius 1 is 1.07 bits per heavy atom. The second-order valence-corrected chi connectivity index (χ2v) is 9.16. The molecule has 0 bridgehead atoms. The molecule has 0 unspecified atom stereocenters. The topological polar surface area (TPSA) is 95.1 Å². The molecule has 1 aromatic rings. The summed E-state index contributed by atoms with van der Waals surface area (Å²) in [5.41, 5.74) is 1.53. The average Bonchev–Trinajstić information content (AvgIpc) is 3.03. The van der Waals surface area contributed by atoms with Crippen molar-refractivity contribution < 1.29 is 22.8 Å². The van der Waals surface area contributed by atoms with Gasteiger partial charge in [-0.15, -0.1) is 0 Å². The molecule has 1 aromatic carbocycles. The quantitative estimate of drug-likeness (QED) is 0.623. The summed E-state index contributed by atoms with van der Waals surface area (Å²) in [7, 11) is -3.56. The van der Waals surface area contributed by atoms with Crippen LogP contribution in [0.15, 0.2) is 23.1 Å². The van der Waals surface area contributed by atoms with Gasteiger partial charge in [0.25, 0.3) is 0 Å². The fourth-order valence-electron chi connectivity index (χ4n) is 3.92. The van der Waals surface area contributed by atoms with Crippen LogP contribution in [-0.4, -0.2) is 61.5 Å². The number of imide groups is 1. The third-order valence-corrected chi connectivity index (χ3v) is 7.56. The first kappa shape index (κ1) is 21.4. The molecule has 3 amide bonds. The number of carbonyl (C=O) groups is 3. The van der Waals surface area contributed by atoms with Crippen LogP contribution in [0.1, 0.15) is 45.1 Å². The van der Waals surface area contributed by atoms with Gasteiger partial charge in [-0.2, -0.15) is 4.31 Å². The van der Waals surface area contributed by atoms with Gasteiger partial charge in [-0.25, -0.2) is 8.42 Å². The van der Waals surface area contributed by atoms with Crippen molar-refractivity contribution in [3.05, 3.63) is 23.8 Å². The van der Waals surface area contributed by atoms with Gasteiger partial charge in [-0.3, -0.25) is 19.3 Å². The van der Waals surface area contributed by atoms with Crippen LogP contribution in [0, 0.1) is 0 Å². The molecule has 3 rings (SSSR count). The second-order valence-electron chi connectivity index (χ2n) is 7.22. The number of sulfonamides is 1. The number of benzene rings is 1. The minimum atomic E-state index is -3.56. The van der Waals surface area contributed by atoms with E-state index in [1.807, 2.05) is 0 Å². The minimum absolute atomic E-state index is 0.0659. The van der Waals surface area contributed by atoms with Crippen LogP contribution in [0.4, 0.5) is 5.69 Å². The number of hydrogen-bond donors (Lipinski definition) is 0. The highest BCUT2D eigenvalue weighted by molar-refractivity contribution is 7.89. The van der Waals surface area contributed by atoms with E-state index in [0.717, 1.165) is 16.9 Å². The summed E-state index contributed by atoms with van der Waals surface area (Å²) in [6.07, 6.45) is 1.92. The molecule has 1 fully saturated rings. The molecule has 2 aliphatic heterocycles. The average molecular weight is 422 g/mol. The van der Waals surface area contributed by atoms with Gasteiger partial charge in [-0.1, -0.05) is 13.8 Å². The monoisotopic (exact) mass is 421 g/mol.